The molecule has 16 heavy (non-hydrogen) atoms. The zero-order valence-corrected chi connectivity index (χ0v) is 11.3. The molecule has 2 aliphatic heterocycles. The summed E-state index contributed by atoms with van der Waals surface area (Å²) in [6.45, 7) is 13.8. The molecule has 0 aromatic carbocycles. The average Bonchev–Trinajstić information content (AvgIpc) is 2.25. The minimum atomic E-state index is 0.579. The van der Waals surface area contributed by atoms with Crippen molar-refractivity contribution in [3.05, 3.63) is 0 Å². The fraction of sp³-hybridized carbons (Fsp3) is 1.00. The molecule has 1 unspecified atom stereocenters. The van der Waals surface area contributed by atoms with Gasteiger partial charge in [-0.25, -0.2) is 0 Å². The van der Waals surface area contributed by atoms with Crippen LogP contribution in [0, 0.1) is 17.3 Å². The fourth-order valence-electron chi connectivity index (χ4n) is 2.93. The summed E-state index contributed by atoms with van der Waals surface area (Å²) in [5, 5.41) is 3.39. The second-order valence-electron chi connectivity index (χ2n) is 6.71. The molecule has 2 rings (SSSR count). The van der Waals surface area contributed by atoms with Crippen molar-refractivity contribution in [2.75, 3.05) is 32.7 Å². The summed E-state index contributed by atoms with van der Waals surface area (Å²) in [6, 6.07) is 0. The molecule has 2 fully saturated rings. The third-order valence-corrected chi connectivity index (χ3v) is 4.60. The summed E-state index contributed by atoms with van der Waals surface area (Å²) < 4.78 is 0. The summed E-state index contributed by atoms with van der Waals surface area (Å²) in [5.41, 5.74) is 0.579. The Balaban J connectivity index is 1.76. The molecule has 2 nitrogen and oxygen atoms in total. The van der Waals surface area contributed by atoms with Gasteiger partial charge in [0.15, 0.2) is 0 Å². The molecular formula is C14H28N2. The zero-order chi connectivity index (χ0) is 11.6. The largest absolute Gasteiger partial charge is 0.316 e. The van der Waals surface area contributed by atoms with Crippen molar-refractivity contribution in [3.8, 4) is 0 Å². The highest BCUT2D eigenvalue weighted by Gasteiger charge is 2.27. The van der Waals surface area contributed by atoms with E-state index in [0.29, 0.717) is 5.41 Å². The van der Waals surface area contributed by atoms with Gasteiger partial charge >= 0.3 is 0 Å². The SMILES string of the molecule is CC(CN1CCCC(C)(C)CC1)C1CNC1. The van der Waals surface area contributed by atoms with Crippen molar-refractivity contribution >= 4 is 0 Å². The number of nitrogens with one attached hydrogen (secondary N) is 1. The monoisotopic (exact) mass is 224 g/mol. The second-order valence-corrected chi connectivity index (χ2v) is 6.71. The first-order chi connectivity index (χ1) is 7.57. The number of hydrogen-bond acceptors (Lipinski definition) is 2. The van der Waals surface area contributed by atoms with E-state index >= 15 is 0 Å². The van der Waals surface area contributed by atoms with Gasteiger partial charge in [-0.2, -0.15) is 0 Å². The van der Waals surface area contributed by atoms with Gasteiger partial charge in [-0.15, -0.1) is 0 Å². The molecule has 0 aromatic heterocycles. The van der Waals surface area contributed by atoms with Crippen LogP contribution in [0.1, 0.15) is 40.0 Å². The van der Waals surface area contributed by atoms with E-state index in [9.17, 15) is 0 Å². The Bertz CT molecular complexity index is 221. The zero-order valence-electron chi connectivity index (χ0n) is 11.3. The van der Waals surface area contributed by atoms with Gasteiger partial charge in [0.25, 0.3) is 0 Å². The standard InChI is InChI=1S/C14H28N2/c1-12(13-9-15-10-13)11-16-7-4-5-14(2,3)6-8-16/h12-13,15H,4-11H2,1-3H3. The van der Waals surface area contributed by atoms with Crippen LogP contribution in [0.2, 0.25) is 0 Å². The molecule has 0 aliphatic carbocycles. The van der Waals surface area contributed by atoms with Crippen LogP contribution in [0.4, 0.5) is 0 Å². The Morgan fingerprint density at radius 2 is 2.00 bits per heavy atom. The van der Waals surface area contributed by atoms with Crippen LogP contribution in [-0.2, 0) is 0 Å². The van der Waals surface area contributed by atoms with E-state index < -0.39 is 0 Å². The topological polar surface area (TPSA) is 15.3 Å². The maximum atomic E-state index is 3.39. The lowest BCUT2D eigenvalue weighted by Gasteiger charge is -2.35. The van der Waals surface area contributed by atoms with Gasteiger partial charge in [0, 0.05) is 6.54 Å². The Kier molecular flexibility index (Phi) is 3.91. The Labute approximate surface area is 101 Å². The van der Waals surface area contributed by atoms with Crippen LogP contribution >= 0.6 is 0 Å². The first kappa shape index (κ1) is 12.4. The molecule has 0 spiro atoms. The van der Waals surface area contributed by atoms with E-state index in [1.165, 1.54) is 52.0 Å². The first-order valence-electron chi connectivity index (χ1n) is 7.00. The average molecular weight is 224 g/mol. The smallest absolute Gasteiger partial charge is 0.00106 e. The van der Waals surface area contributed by atoms with Crippen LogP contribution in [0.15, 0.2) is 0 Å². The van der Waals surface area contributed by atoms with Crippen molar-refractivity contribution < 1.29 is 0 Å². The van der Waals surface area contributed by atoms with Crippen LogP contribution < -0.4 is 5.32 Å². The van der Waals surface area contributed by atoms with Gasteiger partial charge in [0.05, 0.1) is 0 Å². The van der Waals surface area contributed by atoms with E-state index in [2.05, 4.69) is 31.0 Å². The second kappa shape index (κ2) is 5.05. The number of nitrogens with zero attached hydrogens (tertiary/aromatic N) is 1. The molecular weight excluding hydrogens is 196 g/mol. The molecule has 94 valence electrons. The van der Waals surface area contributed by atoms with Gasteiger partial charge in [-0.1, -0.05) is 20.8 Å². The lowest BCUT2D eigenvalue weighted by molar-refractivity contribution is 0.166. The third-order valence-electron chi connectivity index (χ3n) is 4.60. The molecule has 2 saturated heterocycles. The van der Waals surface area contributed by atoms with Crippen molar-refractivity contribution in [3.63, 3.8) is 0 Å². The van der Waals surface area contributed by atoms with Gasteiger partial charge in [-0.05, 0) is 62.7 Å². The van der Waals surface area contributed by atoms with Gasteiger partial charge in [0.1, 0.15) is 0 Å². The maximum Gasteiger partial charge on any atom is 0.00106 e. The summed E-state index contributed by atoms with van der Waals surface area (Å²) >= 11 is 0. The minimum Gasteiger partial charge on any atom is -0.316 e. The van der Waals surface area contributed by atoms with Crippen molar-refractivity contribution in [1.29, 1.82) is 0 Å². The molecule has 0 radical (unpaired) electrons. The van der Waals surface area contributed by atoms with Gasteiger partial charge in [0.2, 0.25) is 0 Å². The molecule has 0 saturated carbocycles. The van der Waals surface area contributed by atoms with Crippen molar-refractivity contribution in [2.24, 2.45) is 17.3 Å². The summed E-state index contributed by atoms with van der Waals surface area (Å²) in [7, 11) is 0. The number of likely N-dealkylation sites (tertiary alicyclic amines) is 1. The molecule has 1 atom stereocenters. The van der Waals surface area contributed by atoms with Crippen LogP contribution in [0.5, 0.6) is 0 Å². The van der Waals surface area contributed by atoms with Crippen LogP contribution in [0.25, 0.3) is 0 Å². The minimum absolute atomic E-state index is 0.579. The lowest BCUT2D eigenvalue weighted by atomic mass is 9.85. The third kappa shape index (κ3) is 3.21. The quantitative estimate of drug-likeness (QED) is 0.791. The van der Waals surface area contributed by atoms with Crippen molar-refractivity contribution in [2.45, 2.75) is 40.0 Å². The summed E-state index contributed by atoms with van der Waals surface area (Å²) in [5.74, 6) is 1.82. The first-order valence-corrected chi connectivity index (χ1v) is 7.00. The van der Waals surface area contributed by atoms with Crippen LogP contribution in [0.3, 0.4) is 0 Å². The predicted molar refractivity (Wildman–Crippen MR) is 69.6 cm³/mol. The van der Waals surface area contributed by atoms with Crippen LogP contribution in [-0.4, -0.2) is 37.6 Å². The number of rotatable bonds is 3. The summed E-state index contributed by atoms with van der Waals surface area (Å²) in [4.78, 5) is 2.71. The molecule has 2 aliphatic rings. The highest BCUT2D eigenvalue weighted by molar-refractivity contribution is 4.83. The van der Waals surface area contributed by atoms with E-state index in [1.54, 1.807) is 0 Å². The lowest BCUT2D eigenvalue weighted by Crippen LogP contribution is -2.48. The number of hydrogen-bond donors (Lipinski definition) is 1. The molecule has 0 bridgehead atoms. The van der Waals surface area contributed by atoms with E-state index in [4.69, 9.17) is 0 Å². The predicted octanol–water partition coefficient (Wildman–Crippen LogP) is 2.35. The highest BCUT2D eigenvalue weighted by atomic mass is 15.1. The molecule has 1 N–H and O–H groups in total. The Hall–Kier alpha value is -0.0800. The maximum absolute atomic E-state index is 3.39. The molecule has 0 amide bonds. The van der Waals surface area contributed by atoms with E-state index in [-0.39, 0.29) is 0 Å². The summed E-state index contributed by atoms with van der Waals surface area (Å²) in [6.07, 6.45) is 4.17. The van der Waals surface area contributed by atoms with E-state index in [1.807, 2.05) is 0 Å². The highest BCUT2D eigenvalue weighted by Crippen LogP contribution is 2.30. The Morgan fingerprint density at radius 3 is 2.62 bits per heavy atom. The Morgan fingerprint density at radius 1 is 1.25 bits per heavy atom. The fourth-order valence-corrected chi connectivity index (χ4v) is 2.93. The van der Waals surface area contributed by atoms with Gasteiger partial charge in [-0.3, -0.25) is 0 Å². The molecule has 2 heteroatoms. The normalized spacial score (nSPS) is 29.4. The van der Waals surface area contributed by atoms with E-state index in [0.717, 1.165) is 11.8 Å². The van der Waals surface area contributed by atoms with Gasteiger partial charge < -0.3 is 10.2 Å². The molecule has 2 heterocycles. The molecule has 0 aromatic rings. The van der Waals surface area contributed by atoms with Crippen molar-refractivity contribution in [1.82, 2.24) is 10.2 Å².